The number of ether oxygens (including phenoxy) is 1. The minimum absolute atomic E-state index is 0.583. The Morgan fingerprint density at radius 3 is 2.42 bits per heavy atom. The molecule has 0 aliphatic heterocycles. The Kier molecular flexibility index (Phi) is 3.95. The Bertz CT molecular complexity index is 941. The first-order chi connectivity index (χ1) is 11.9. The average molecular weight is 311 g/mol. The van der Waals surface area contributed by atoms with Gasteiger partial charge in [-0.2, -0.15) is 0 Å². The summed E-state index contributed by atoms with van der Waals surface area (Å²) in [5.74, 6) is 0.879. The van der Waals surface area contributed by atoms with E-state index in [-0.39, 0.29) is 0 Å². The number of fused-ring (bicyclic) bond motifs is 1. The summed E-state index contributed by atoms with van der Waals surface area (Å²) in [7, 11) is 0. The van der Waals surface area contributed by atoms with Gasteiger partial charge in [-0.25, -0.2) is 0 Å². The van der Waals surface area contributed by atoms with Crippen LogP contribution in [0.2, 0.25) is 0 Å². The predicted molar refractivity (Wildman–Crippen MR) is 98.0 cm³/mol. The molecule has 116 valence electrons. The van der Waals surface area contributed by atoms with Gasteiger partial charge in [-0.3, -0.25) is 4.98 Å². The summed E-state index contributed by atoms with van der Waals surface area (Å²) >= 11 is 0. The van der Waals surface area contributed by atoms with Crippen LogP contribution in [0.3, 0.4) is 0 Å². The van der Waals surface area contributed by atoms with Gasteiger partial charge in [0, 0.05) is 17.8 Å². The lowest BCUT2D eigenvalue weighted by Crippen LogP contribution is -1.94. The Morgan fingerprint density at radius 1 is 0.750 bits per heavy atom. The van der Waals surface area contributed by atoms with Crippen molar-refractivity contribution in [2.75, 3.05) is 0 Å². The molecule has 0 unspecified atom stereocenters. The van der Waals surface area contributed by atoms with Gasteiger partial charge in [-0.1, -0.05) is 60.7 Å². The van der Waals surface area contributed by atoms with Gasteiger partial charge in [-0.15, -0.1) is 0 Å². The number of hydrogen-bond donors (Lipinski definition) is 0. The molecule has 0 radical (unpaired) electrons. The summed E-state index contributed by atoms with van der Waals surface area (Å²) in [6, 6.07) is 26.8. The molecule has 0 bridgehead atoms. The monoisotopic (exact) mass is 311 g/mol. The van der Waals surface area contributed by atoms with Crippen LogP contribution in [-0.4, -0.2) is 4.98 Å². The topological polar surface area (TPSA) is 22.1 Å². The number of pyridine rings is 1. The van der Waals surface area contributed by atoms with Crippen molar-refractivity contribution in [1.82, 2.24) is 4.98 Å². The number of benzene rings is 3. The van der Waals surface area contributed by atoms with Crippen molar-refractivity contribution in [1.29, 1.82) is 0 Å². The molecule has 2 heteroatoms. The van der Waals surface area contributed by atoms with E-state index in [2.05, 4.69) is 53.5 Å². The molecule has 1 aromatic heterocycles. The summed E-state index contributed by atoms with van der Waals surface area (Å²) in [5, 5.41) is 2.37. The molecule has 4 rings (SSSR count). The van der Waals surface area contributed by atoms with Crippen LogP contribution in [0, 0.1) is 0 Å². The number of rotatable bonds is 4. The molecular formula is C22H17NO. The van der Waals surface area contributed by atoms with Crippen molar-refractivity contribution in [2.24, 2.45) is 0 Å². The lowest BCUT2D eigenvalue weighted by Gasteiger charge is -2.09. The van der Waals surface area contributed by atoms with E-state index in [4.69, 9.17) is 4.74 Å². The summed E-state index contributed by atoms with van der Waals surface area (Å²) in [4.78, 5) is 4.19. The van der Waals surface area contributed by atoms with Gasteiger partial charge in [0.05, 0.1) is 0 Å². The summed E-state index contributed by atoms with van der Waals surface area (Å²) in [5.41, 5.74) is 3.56. The van der Waals surface area contributed by atoms with Crippen molar-refractivity contribution >= 4 is 10.8 Å². The van der Waals surface area contributed by atoms with Crippen LogP contribution >= 0.6 is 0 Å². The van der Waals surface area contributed by atoms with Gasteiger partial charge in [0.15, 0.2) is 0 Å². The Balaban J connectivity index is 1.57. The van der Waals surface area contributed by atoms with Crippen LogP contribution in [0.15, 0.2) is 91.3 Å². The summed E-state index contributed by atoms with van der Waals surface area (Å²) in [6.07, 6.45) is 3.74. The zero-order valence-corrected chi connectivity index (χ0v) is 13.2. The van der Waals surface area contributed by atoms with E-state index in [9.17, 15) is 0 Å². The Hall–Kier alpha value is -3.13. The predicted octanol–water partition coefficient (Wildman–Crippen LogP) is 5.48. The highest BCUT2D eigenvalue weighted by Gasteiger charge is 2.04. The lowest BCUT2D eigenvalue weighted by atomic mass is 9.99. The van der Waals surface area contributed by atoms with Crippen LogP contribution in [0.5, 0.6) is 5.75 Å². The first-order valence-electron chi connectivity index (χ1n) is 8.00. The fraction of sp³-hybridized carbons (Fsp3) is 0.0455. The van der Waals surface area contributed by atoms with Crippen LogP contribution in [-0.2, 0) is 6.61 Å². The SMILES string of the molecule is c1ccc(COc2ccc(-c3cccc4cnccc34)cc2)cc1. The minimum atomic E-state index is 0.583. The molecule has 4 aromatic rings. The molecule has 0 amide bonds. The van der Waals surface area contributed by atoms with Crippen molar-refractivity contribution in [2.45, 2.75) is 6.61 Å². The molecule has 0 spiro atoms. The molecule has 0 N–H and O–H groups in total. The molecule has 0 fully saturated rings. The van der Waals surface area contributed by atoms with E-state index in [1.54, 1.807) is 0 Å². The molecule has 0 aliphatic carbocycles. The second kappa shape index (κ2) is 6.55. The molecule has 0 aliphatic rings. The van der Waals surface area contributed by atoms with Crippen LogP contribution in [0.1, 0.15) is 5.56 Å². The van der Waals surface area contributed by atoms with E-state index >= 15 is 0 Å². The van der Waals surface area contributed by atoms with Crippen molar-refractivity contribution < 1.29 is 4.74 Å². The lowest BCUT2D eigenvalue weighted by molar-refractivity contribution is 0.306. The van der Waals surface area contributed by atoms with E-state index in [0.29, 0.717) is 6.61 Å². The van der Waals surface area contributed by atoms with Gasteiger partial charge in [0.2, 0.25) is 0 Å². The largest absolute Gasteiger partial charge is 0.489 e. The number of nitrogens with zero attached hydrogens (tertiary/aromatic N) is 1. The smallest absolute Gasteiger partial charge is 0.119 e. The van der Waals surface area contributed by atoms with E-state index < -0.39 is 0 Å². The molecule has 3 aromatic carbocycles. The van der Waals surface area contributed by atoms with Crippen LogP contribution in [0.4, 0.5) is 0 Å². The zero-order chi connectivity index (χ0) is 16.2. The van der Waals surface area contributed by atoms with Gasteiger partial charge < -0.3 is 4.74 Å². The molecule has 24 heavy (non-hydrogen) atoms. The van der Waals surface area contributed by atoms with E-state index in [1.165, 1.54) is 22.1 Å². The highest BCUT2D eigenvalue weighted by molar-refractivity contribution is 5.96. The maximum absolute atomic E-state index is 5.86. The first kappa shape index (κ1) is 14.5. The third kappa shape index (κ3) is 2.99. The molecule has 2 nitrogen and oxygen atoms in total. The number of aromatic nitrogens is 1. The standard InChI is InChI=1S/C22H17NO/c1-2-5-17(6-3-1)16-24-20-11-9-18(10-12-20)21-8-4-7-19-15-23-14-13-22(19)21/h1-15H,16H2. The van der Waals surface area contributed by atoms with Crippen molar-refractivity contribution in [3.63, 3.8) is 0 Å². The fourth-order valence-corrected chi connectivity index (χ4v) is 2.85. The highest BCUT2D eigenvalue weighted by atomic mass is 16.5. The fourth-order valence-electron chi connectivity index (χ4n) is 2.85. The molecule has 1 heterocycles. The molecule has 0 saturated heterocycles. The van der Waals surface area contributed by atoms with Crippen molar-refractivity contribution in [3.05, 3.63) is 96.8 Å². The van der Waals surface area contributed by atoms with Gasteiger partial charge >= 0.3 is 0 Å². The van der Waals surface area contributed by atoms with Gasteiger partial charge in [0.1, 0.15) is 12.4 Å². The third-order valence-corrected chi connectivity index (χ3v) is 4.09. The van der Waals surface area contributed by atoms with Crippen LogP contribution in [0.25, 0.3) is 21.9 Å². The average Bonchev–Trinajstić information content (AvgIpc) is 2.67. The van der Waals surface area contributed by atoms with E-state index in [0.717, 1.165) is 11.1 Å². The summed E-state index contributed by atoms with van der Waals surface area (Å²) < 4.78 is 5.86. The Morgan fingerprint density at radius 2 is 1.58 bits per heavy atom. The third-order valence-electron chi connectivity index (χ3n) is 4.09. The van der Waals surface area contributed by atoms with Gasteiger partial charge in [-0.05, 0) is 40.3 Å². The van der Waals surface area contributed by atoms with Crippen molar-refractivity contribution in [3.8, 4) is 16.9 Å². The molecule has 0 atom stereocenters. The first-order valence-corrected chi connectivity index (χ1v) is 8.00. The second-order valence-electron chi connectivity index (χ2n) is 5.70. The molecular weight excluding hydrogens is 294 g/mol. The Labute approximate surface area is 141 Å². The molecule has 0 saturated carbocycles. The summed E-state index contributed by atoms with van der Waals surface area (Å²) in [6.45, 7) is 0.583. The maximum atomic E-state index is 5.86. The minimum Gasteiger partial charge on any atom is -0.489 e. The second-order valence-corrected chi connectivity index (χ2v) is 5.70. The van der Waals surface area contributed by atoms with Gasteiger partial charge in [0.25, 0.3) is 0 Å². The normalized spacial score (nSPS) is 10.7. The van der Waals surface area contributed by atoms with Crippen LogP contribution < -0.4 is 4.74 Å². The quantitative estimate of drug-likeness (QED) is 0.498. The zero-order valence-electron chi connectivity index (χ0n) is 13.2. The van der Waals surface area contributed by atoms with E-state index in [1.807, 2.05) is 42.7 Å². The number of hydrogen-bond acceptors (Lipinski definition) is 2. The maximum Gasteiger partial charge on any atom is 0.119 e. The highest BCUT2D eigenvalue weighted by Crippen LogP contribution is 2.29.